The first-order valence-corrected chi connectivity index (χ1v) is 10.8. The summed E-state index contributed by atoms with van der Waals surface area (Å²) in [5.41, 5.74) is 2.79. The predicted octanol–water partition coefficient (Wildman–Crippen LogP) is 4.59. The number of aryl methyl sites for hydroxylation is 1. The number of benzene rings is 1. The summed E-state index contributed by atoms with van der Waals surface area (Å²) in [5.74, 6) is 2.40. The van der Waals surface area contributed by atoms with Crippen molar-refractivity contribution in [3.8, 4) is 0 Å². The molecule has 0 bridgehead atoms. The number of hydrogen-bond donors (Lipinski definition) is 1. The van der Waals surface area contributed by atoms with Crippen molar-refractivity contribution in [2.24, 2.45) is 5.92 Å². The van der Waals surface area contributed by atoms with Gasteiger partial charge in [0.1, 0.15) is 0 Å². The maximum Gasteiger partial charge on any atom is 0.172 e. The number of nitrogens with zero attached hydrogens (tertiary/aromatic N) is 4. The summed E-state index contributed by atoms with van der Waals surface area (Å²) in [6.45, 7) is 5.34. The number of rotatable bonds is 8. The lowest BCUT2D eigenvalue weighted by molar-refractivity contribution is 0.230. The molecular weight excluding hydrogens is 390 g/mol. The normalized spacial score (nSPS) is 20.0. The zero-order chi connectivity index (χ0) is 18.1. The van der Waals surface area contributed by atoms with Crippen molar-refractivity contribution in [2.75, 3.05) is 0 Å². The average Bonchev–Trinajstić information content (AvgIpc) is 3.31. The van der Waals surface area contributed by atoms with Gasteiger partial charge in [-0.05, 0) is 84.6 Å². The van der Waals surface area contributed by atoms with Gasteiger partial charge in [-0.15, -0.1) is 5.10 Å². The zero-order valence-corrected chi connectivity index (χ0v) is 17.2. The molecule has 0 spiro atoms. The molecule has 4 rings (SSSR count). The molecule has 0 aliphatic heterocycles. The Morgan fingerprint density at radius 1 is 1.27 bits per heavy atom. The fourth-order valence-electron chi connectivity index (χ4n) is 3.99. The average molecular weight is 418 g/mol. The van der Waals surface area contributed by atoms with E-state index >= 15 is 0 Å². The summed E-state index contributed by atoms with van der Waals surface area (Å²) >= 11 is 3.68. The highest BCUT2D eigenvalue weighted by Gasteiger charge is 2.33. The van der Waals surface area contributed by atoms with E-state index in [-0.39, 0.29) is 6.04 Å². The monoisotopic (exact) mass is 417 g/mol. The Morgan fingerprint density at radius 2 is 2.08 bits per heavy atom. The van der Waals surface area contributed by atoms with Crippen LogP contribution in [0.4, 0.5) is 0 Å². The van der Waals surface area contributed by atoms with Crippen LogP contribution >= 0.6 is 15.9 Å². The van der Waals surface area contributed by atoms with Gasteiger partial charge in [-0.2, -0.15) is 0 Å². The molecule has 6 heteroatoms. The van der Waals surface area contributed by atoms with Gasteiger partial charge < -0.3 is 5.32 Å². The van der Waals surface area contributed by atoms with Crippen LogP contribution in [0.15, 0.2) is 22.7 Å². The molecule has 1 aromatic carbocycles. The van der Waals surface area contributed by atoms with Crippen LogP contribution in [0.2, 0.25) is 0 Å². The fourth-order valence-corrected chi connectivity index (χ4v) is 4.37. The molecule has 2 aromatic rings. The molecule has 2 aliphatic rings. The molecule has 2 fully saturated rings. The molecule has 2 aliphatic carbocycles. The Kier molecular flexibility index (Phi) is 5.41. The Bertz CT molecular complexity index is 750. The van der Waals surface area contributed by atoms with Crippen molar-refractivity contribution in [3.63, 3.8) is 0 Å². The van der Waals surface area contributed by atoms with Gasteiger partial charge in [-0.3, -0.25) is 0 Å². The van der Waals surface area contributed by atoms with Crippen LogP contribution in [0.3, 0.4) is 0 Å². The van der Waals surface area contributed by atoms with Crippen molar-refractivity contribution < 1.29 is 0 Å². The lowest BCUT2D eigenvalue weighted by atomic mass is 9.80. The van der Waals surface area contributed by atoms with E-state index in [1.54, 1.807) is 0 Å². The minimum atomic E-state index is 0.0419. The second-order valence-corrected chi connectivity index (χ2v) is 8.80. The van der Waals surface area contributed by atoms with E-state index in [9.17, 15) is 0 Å². The smallest absolute Gasteiger partial charge is 0.172 e. The van der Waals surface area contributed by atoms with Gasteiger partial charge in [0.25, 0.3) is 0 Å². The van der Waals surface area contributed by atoms with E-state index in [4.69, 9.17) is 0 Å². The maximum absolute atomic E-state index is 4.44. The molecule has 5 nitrogen and oxygen atoms in total. The Morgan fingerprint density at radius 3 is 2.73 bits per heavy atom. The van der Waals surface area contributed by atoms with Crippen molar-refractivity contribution in [1.29, 1.82) is 0 Å². The summed E-state index contributed by atoms with van der Waals surface area (Å²) in [7, 11) is 0. The molecule has 0 radical (unpaired) electrons. The lowest BCUT2D eigenvalue weighted by Crippen LogP contribution is -2.41. The van der Waals surface area contributed by atoms with Gasteiger partial charge in [0.2, 0.25) is 0 Å². The number of nitrogens with one attached hydrogen (secondary N) is 1. The lowest BCUT2D eigenvalue weighted by Gasteiger charge is -2.35. The highest BCUT2D eigenvalue weighted by atomic mass is 79.9. The first-order valence-electron chi connectivity index (χ1n) is 9.98. The zero-order valence-electron chi connectivity index (χ0n) is 15.7. The molecule has 0 saturated heterocycles. The van der Waals surface area contributed by atoms with E-state index in [2.05, 4.69) is 68.8 Å². The number of halogens is 1. The van der Waals surface area contributed by atoms with Crippen LogP contribution in [0.25, 0.3) is 0 Å². The second kappa shape index (κ2) is 7.77. The first kappa shape index (κ1) is 18.1. The topological polar surface area (TPSA) is 55.6 Å². The minimum absolute atomic E-state index is 0.0419. The van der Waals surface area contributed by atoms with Crippen molar-refractivity contribution >= 4 is 15.9 Å². The molecule has 1 aromatic heterocycles. The third-order valence-corrected chi connectivity index (χ3v) is 6.41. The molecule has 1 heterocycles. The predicted molar refractivity (Wildman–Crippen MR) is 106 cm³/mol. The van der Waals surface area contributed by atoms with Crippen LogP contribution in [0.1, 0.15) is 81.3 Å². The maximum atomic E-state index is 4.44. The largest absolute Gasteiger partial charge is 0.301 e. The van der Waals surface area contributed by atoms with E-state index in [0.717, 1.165) is 29.2 Å². The van der Waals surface area contributed by atoms with Gasteiger partial charge in [-0.1, -0.05) is 35.3 Å². The van der Waals surface area contributed by atoms with Crippen molar-refractivity contribution in [3.05, 3.63) is 39.6 Å². The first-order chi connectivity index (χ1) is 12.7. The summed E-state index contributed by atoms with van der Waals surface area (Å²) < 4.78 is 3.09. The van der Waals surface area contributed by atoms with E-state index in [0.29, 0.717) is 12.0 Å². The van der Waals surface area contributed by atoms with Crippen LogP contribution in [-0.4, -0.2) is 26.2 Å². The summed E-state index contributed by atoms with van der Waals surface area (Å²) in [4.78, 5) is 0. The molecule has 0 amide bonds. The Balaban J connectivity index is 1.72. The van der Waals surface area contributed by atoms with E-state index in [1.165, 1.54) is 43.2 Å². The second-order valence-electron chi connectivity index (χ2n) is 7.89. The van der Waals surface area contributed by atoms with Crippen LogP contribution < -0.4 is 5.32 Å². The third-order valence-electron chi connectivity index (χ3n) is 5.92. The van der Waals surface area contributed by atoms with Gasteiger partial charge in [0.05, 0.1) is 6.04 Å². The highest BCUT2D eigenvalue weighted by Crippen LogP contribution is 2.44. The SMILES string of the molecule is CCCn1nnnc1C(NC(C)C1CCC1)c1cc(Br)ccc1C1CC1. The summed E-state index contributed by atoms with van der Waals surface area (Å²) in [6.07, 6.45) is 7.62. The Labute approximate surface area is 164 Å². The van der Waals surface area contributed by atoms with Gasteiger partial charge in [-0.25, -0.2) is 4.68 Å². The van der Waals surface area contributed by atoms with Gasteiger partial charge in [0.15, 0.2) is 5.82 Å². The summed E-state index contributed by atoms with van der Waals surface area (Å²) in [6, 6.07) is 7.22. The molecular formula is C20H28BrN5. The van der Waals surface area contributed by atoms with Crippen molar-refractivity contribution in [2.45, 2.75) is 76.9 Å². The van der Waals surface area contributed by atoms with Gasteiger partial charge in [0, 0.05) is 17.1 Å². The third kappa shape index (κ3) is 3.72. The molecule has 1 N–H and O–H groups in total. The Hall–Kier alpha value is -1.27. The minimum Gasteiger partial charge on any atom is -0.301 e. The number of hydrogen-bond acceptors (Lipinski definition) is 4. The highest BCUT2D eigenvalue weighted by molar-refractivity contribution is 9.10. The van der Waals surface area contributed by atoms with E-state index in [1.807, 2.05) is 4.68 Å². The van der Waals surface area contributed by atoms with Crippen LogP contribution in [0.5, 0.6) is 0 Å². The van der Waals surface area contributed by atoms with Crippen molar-refractivity contribution in [1.82, 2.24) is 25.5 Å². The van der Waals surface area contributed by atoms with E-state index < -0.39 is 0 Å². The van der Waals surface area contributed by atoms with Gasteiger partial charge >= 0.3 is 0 Å². The van der Waals surface area contributed by atoms with Crippen LogP contribution in [0, 0.1) is 5.92 Å². The molecule has 2 saturated carbocycles. The molecule has 2 unspecified atom stereocenters. The quantitative estimate of drug-likeness (QED) is 0.681. The molecule has 2 atom stereocenters. The molecule has 26 heavy (non-hydrogen) atoms. The number of tetrazole rings is 1. The standard InChI is InChI=1S/C20H28BrN5/c1-3-11-26-20(23-24-25-26)19(22-13(2)14-5-4-6-14)18-12-16(21)9-10-17(18)15-7-8-15/h9-10,12-15,19,22H,3-8,11H2,1-2H3. The van der Waals surface area contributed by atoms with Crippen LogP contribution in [-0.2, 0) is 6.54 Å². The fraction of sp³-hybridized carbons (Fsp3) is 0.650. The summed E-state index contributed by atoms with van der Waals surface area (Å²) in [5, 5.41) is 16.6. The molecule has 140 valence electrons. The number of aromatic nitrogens is 4.